The zero-order chi connectivity index (χ0) is 18.4. The van der Waals surface area contributed by atoms with Crippen LogP contribution in [-0.4, -0.2) is 32.7 Å². The average Bonchev–Trinajstić information content (AvgIpc) is 2.62. The Bertz CT molecular complexity index is 749. The predicted octanol–water partition coefficient (Wildman–Crippen LogP) is 3.90. The summed E-state index contributed by atoms with van der Waals surface area (Å²) in [5.41, 5.74) is 1.36. The van der Waals surface area contributed by atoms with Gasteiger partial charge in [-0.3, -0.25) is 4.79 Å². The van der Waals surface area contributed by atoms with Crippen molar-refractivity contribution in [2.45, 2.75) is 6.92 Å². The van der Waals surface area contributed by atoms with Crippen LogP contribution in [0, 0.1) is 0 Å². The zero-order valence-corrected chi connectivity index (χ0v) is 15.7. The quantitative estimate of drug-likeness (QED) is 0.735. The van der Waals surface area contributed by atoms with Gasteiger partial charge in [0.25, 0.3) is 5.91 Å². The second-order valence-electron chi connectivity index (χ2n) is 4.95. The SMILES string of the molecule is CCOC(=O)c1ccc(NC(=O)c2cc(OC)c(Br)c(OC)c2)cc1. The van der Waals surface area contributed by atoms with Crippen molar-refractivity contribution in [3.63, 3.8) is 0 Å². The summed E-state index contributed by atoms with van der Waals surface area (Å²) in [5.74, 6) is 0.250. The summed E-state index contributed by atoms with van der Waals surface area (Å²) >= 11 is 3.36. The smallest absolute Gasteiger partial charge is 0.338 e. The van der Waals surface area contributed by atoms with Crippen molar-refractivity contribution in [3.05, 3.63) is 52.0 Å². The molecule has 1 amide bonds. The molecule has 0 saturated carbocycles. The van der Waals surface area contributed by atoms with Crippen LogP contribution in [0.25, 0.3) is 0 Å². The molecule has 7 heteroatoms. The van der Waals surface area contributed by atoms with E-state index in [1.54, 1.807) is 43.3 Å². The lowest BCUT2D eigenvalue weighted by atomic mass is 10.1. The van der Waals surface area contributed by atoms with E-state index in [2.05, 4.69) is 21.2 Å². The number of rotatable bonds is 6. The van der Waals surface area contributed by atoms with E-state index in [1.807, 2.05) is 0 Å². The summed E-state index contributed by atoms with van der Waals surface area (Å²) in [6, 6.07) is 9.67. The van der Waals surface area contributed by atoms with Gasteiger partial charge in [0.1, 0.15) is 16.0 Å². The van der Waals surface area contributed by atoms with Crippen molar-refractivity contribution in [1.29, 1.82) is 0 Å². The van der Waals surface area contributed by atoms with Crippen molar-refractivity contribution < 1.29 is 23.8 Å². The first-order valence-electron chi connectivity index (χ1n) is 7.50. The molecule has 0 saturated heterocycles. The third kappa shape index (κ3) is 4.51. The van der Waals surface area contributed by atoms with E-state index < -0.39 is 5.97 Å². The minimum atomic E-state index is -0.400. The second kappa shape index (κ2) is 8.53. The molecule has 0 aromatic heterocycles. The van der Waals surface area contributed by atoms with E-state index in [-0.39, 0.29) is 5.91 Å². The number of amides is 1. The zero-order valence-electron chi connectivity index (χ0n) is 14.1. The number of halogens is 1. The minimum absolute atomic E-state index is 0.310. The number of nitrogens with one attached hydrogen (secondary N) is 1. The third-order valence-corrected chi connectivity index (χ3v) is 4.14. The van der Waals surface area contributed by atoms with Gasteiger partial charge in [0.2, 0.25) is 0 Å². The minimum Gasteiger partial charge on any atom is -0.495 e. The first-order chi connectivity index (χ1) is 12.0. The Balaban J connectivity index is 2.18. The Morgan fingerprint density at radius 3 is 2.04 bits per heavy atom. The summed E-state index contributed by atoms with van der Waals surface area (Å²) < 4.78 is 16.0. The molecular formula is C18H18BrNO5. The third-order valence-electron chi connectivity index (χ3n) is 3.36. The fraction of sp³-hybridized carbons (Fsp3) is 0.222. The standard InChI is InChI=1S/C18H18BrNO5/c1-4-25-18(22)11-5-7-13(8-6-11)20-17(21)12-9-14(23-2)16(19)15(10-12)24-3/h5-10H,4H2,1-3H3,(H,20,21). The normalized spacial score (nSPS) is 10.1. The maximum Gasteiger partial charge on any atom is 0.338 e. The van der Waals surface area contributed by atoms with Crippen LogP contribution in [0.4, 0.5) is 5.69 Å². The van der Waals surface area contributed by atoms with E-state index >= 15 is 0 Å². The number of hydrogen-bond donors (Lipinski definition) is 1. The van der Waals surface area contributed by atoms with Crippen LogP contribution in [0.2, 0.25) is 0 Å². The molecule has 0 atom stereocenters. The summed E-state index contributed by atoms with van der Waals surface area (Å²) in [5, 5.41) is 2.76. The molecule has 2 rings (SSSR count). The van der Waals surface area contributed by atoms with Crippen molar-refractivity contribution in [2.24, 2.45) is 0 Å². The van der Waals surface area contributed by atoms with E-state index in [1.165, 1.54) is 14.2 Å². The Kier molecular flexibility index (Phi) is 6.41. The Hall–Kier alpha value is -2.54. The molecule has 6 nitrogen and oxygen atoms in total. The van der Waals surface area contributed by atoms with Crippen LogP contribution >= 0.6 is 15.9 Å². The molecule has 0 bridgehead atoms. The molecule has 0 heterocycles. The molecule has 0 unspecified atom stereocenters. The number of hydrogen-bond acceptors (Lipinski definition) is 5. The maximum absolute atomic E-state index is 12.5. The van der Waals surface area contributed by atoms with Gasteiger partial charge in [0, 0.05) is 11.3 Å². The first kappa shape index (κ1) is 18.8. The second-order valence-corrected chi connectivity index (χ2v) is 5.74. The fourth-order valence-corrected chi connectivity index (χ4v) is 2.66. The molecule has 1 N–H and O–H groups in total. The van der Waals surface area contributed by atoms with Crippen molar-refractivity contribution >= 4 is 33.5 Å². The monoisotopic (exact) mass is 407 g/mol. The van der Waals surface area contributed by atoms with Gasteiger partial charge < -0.3 is 19.5 Å². The number of esters is 1. The maximum atomic E-state index is 12.5. The van der Waals surface area contributed by atoms with Gasteiger partial charge in [-0.05, 0) is 59.3 Å². The van der Waals surface area contributed by atoms with Crippen LogP contribution in [0.15, 0.2) is 40.9 Å². The van der Waals surface area contributed by atoms with Crippen molar-refractivity contribution in [3.8, 4) is 11.5 Å². The fourth-order valence-electron chi connectivity index (χ4n) is 2.11. The molecule has 25 heavy (non-hydrogen) atoms. The van der Waals surface area contributed by atoms with Gasteiger partial charge in [-0.15, -0.1) is 0 Å². The average molecular weight is 408 g/mol. The van der Waals surface area contributed by atoms with Gasteiger partial charge in [-0.2, -0.15) is 0 Å². The lowest BCUT2D eigenvalue weighted by Gasteiger charge is -2.12. The molecule has 0 aliphatic heterocycles. The highest BCUT2D eigenvalue weighted by Crippen LogP contribution is 2.35. The van der Waals surface area contributed by atoms with E-state index in [0.717, 1.165) is 0 Å². The highest BCUT2D eigenvalue weighted by molar-refractivity contribution is 9.10. The van der Waals surface area contributed by atoms with E-state index in [9.17, 15) is 9.59 Å². The molecule has 2 aromatic rings. The number of anilines is 1. The van der Waals surface area contributed by atoms with Gasteiger partial charge in [0.05, 0.1) is 26.4 Å². The highest BCUT2D eigenvalue weighted by Gasteiger charge is 2.15. The lowest BCUT2D eigenvalue weighted by molar-refractivity contribution is 0.0526. The van der Waals surface area contributed by atoms with Crippen LogP contribution in [0.5, 0.6) is 11.5 Å². The van der Waals surface area contributed by atoms with E-state index in [4.69, 9.17) is 14.2 Å². The highest BCUT2D eigenvalue weighted by atomic mass is 79.9. The number of ether oxygens (including phenoxy) is 3. The summed E-state index contributed by atoms with van der Waals surface area (Å²) in [7, 11) is 3.02. The Labute approximate surface area is 154 Å². The van der Waals surface area contributed by atoms with Crippen LogP contribution in [0.1, 0.15) is 27.6 Å². The number of benzene rings is 2. The molecule has 132 valence electrons. The van der Waals surface area contributed by atoms with Gasteiger partial charge in [-0.1, -0.05) is 0 Å². The number of methoxy groups -OCH3 is 2. The molecule has 0 aliphatic carbocycles. The van der Waals surface area contributed by atoms with Crippen molar-refractivity contribution in [2.75, 3.05) is 26.1 Å². The molecule has 0 aliphatic rings. The van der Waals surface area contributed by atoms with Gasteiger partial charge >= 0.3 is 5.97 Å². The summed E-state index contributed by atoms with van der Waals surface area (Å²) in [6.45, 7) is 2.05. The largest absolute Gasteiger partial charge is 0.495 e. The molecule has 2 aromatic carbocycles. The topological polar surface area (TPSA) is 73.9 Å². The number of carbonyl (C=O) groups excluding carboxylic acids is 2. The Morgan fingerprint density at radius 1 is 1.00 bits per heavy atom. The van der Waals surface area contributed by atoms with Crippen molar-refractivity contribution in [1.82, 2.24) is 0 Å². The molecule has 0 spiro atoms. The molecule has 0 fully saturated rings. The van der Waals surface area contributed by atoms with E-state index in [0.29, 0.717) is 39.4 Å². The lowest BCUT2D eigenvalue weighted by Crippen LogP contribution is -2.13. The van der Waals surface area contributed by atoms with Gasteiger partial charge in [-0.25, -0.2) is 4.79 Å². The summed E-state index contributed by atoms with van der Waals surface area (Å²) in [6.07, 6.45) is 0. The number of carbonyl (C=O) groups is 2. The van der Waals surface area contributed by atoms with Crippen LogP contribution in [-0.2, 0) is 4.74 Å². The Morgan fingerprint density at radius 2 is 1.56 bits per heavy atom. The molecular weight excluding hydrogens is 390 g/mol. The van der Waals surface area contributed by atoms with Crippen LogP contribution in [0.3, 0.4) is 0 Å². The molecule has 0 radical (unpaired) electrons. The van der Waals surface area contributed by atoms with Crippen LogP contribution < -0.4 is 14.8 Å². The summed E-state index contributed by atoms with van der Waals surface area (Å²) in [4.78, 5) is 24.1. The first-order valence-corrected chi connectivity index (χ1v) is 8.29. The predicted molar refractivity (Wildman–Crippen MR) is 97.6 cm³/mol. The van der Waals surface area contributed by atoms with Gasteiger partial charge in [0.15, 0.2) is 0 Å².